The standard InChI is InChI=1S/C16H28N2O.ClH/c1-12-4-3-5-13(2)18(11-12)15(19)14-10-16(14)6-8-17-9-7-16;/h12-14,17H,3-11H2,1-2H3;1H. The third-order valence-electron chi connectivity index (χ3n) is 5.73. The summed E-state index contributed by atoms with van der Waals surface area (Å²) in [6.45, 7) is 7.75. The van der Waals surface area contributed by atoms with Crippen LogP contribution < -0.4 is 5.32 Å². The highest BCUT2D eigenvalue weighted by molar-refractivity contribution is 5.85. The van der Waals surface area contributed by atoms with Crippen molar-refractivity contribution < 1.29 is 4.79 Å². The van der Waals surface area contributed by atoms with Gasteiger partial charge in [-0.2, -0.15) is 0 Å². The van der Waals surface area contributed by atoms with Gasteiger partial charge in [-0.15, -0.1) is 12.4 Å². The van der Waals surface area contributed by atoms with Crippen LogP contribution in [0, 0.1) is 17.3 Å². The van der Waals surface area contributed by atoms with Gasteiger partial charge in [-0.05, 0) is 63.5 Å². The van der Waals surface area contributed by atoms with Crippen molar-refractivity contribution in [2.75, 3.05) is 19.6 Å². The van der Waals surface area contributed by atoms with Gasteiger partial charge >= 0.3 is 0 Å². The summed E-state index contributed by atoms with van der Waals surface area (Å²) in [6, 6.07) is 0.455. The molecule has 3 atom stereocenters. The summed E-state index contributed by atoms with van der Waals surface area (Å²) >= 11 is 0. The lowest BCUT2D eigenvalue weighted by molar-refractivity contribution is -0.136. The zero-order chi connectivity index (χ0) is 13.5. The second-order valence-electron chi connectivity index (χ2n) is 7.24. The van der Waals surface area contributed by atoms with E-state index < -0.39 is 0 Å². The summed E-state index contributed by atoms with van der Waals surface area (Å²) in [5.41, 5.74) is 0.387. The Balaban J connectivity index is 0.00000147. The first-order valence-corrected chi connectivity index (χ1v) is 8.13. The molecule has 1 saturated carbocycles. The van der Waals surface area contributed by atoms with E-state index in [1.807, 2.05) is 0 Å². The number of carbonyl (C=O) groups is 1. The van der Waals surface area contributed by atoms with Gasteiger partial charge in [0.1, 0.15) is 0 Å². The smallest absolute Gasteiger partial charge is 0.226 e. The lowest BCUT2D eigenvalue weighted by atomic mass is 9.91. The normalized spacial score (nSPS) is 36.1. The zero-order valence-electron chi connectivity index (χ0n) is 12.9. The van der Waals surface area contributed by atoms with E-state index >= 15 is 0 Å². The van der Waals surface area contributed by atoms with Crippen LogP contribution in [0.25, 0.3) is 0 Å². The minimum Gasteiger partial charge on any atom is -0.339 e. The Morgan fingerprint density at radius 1 is 1.20 bits per heavy atom. The summed E-state index contributed by atoms with van der Waals surface area (Å²) < 4.78 is 0. The molecule has 3 fully saturated rings. The molecule has 3 unspecified atom stereocenters. The van der Waals surface area contributed by atoms with Crippen LogP contribution in [0.1, 0.15) is 52.4 Å². The molecule has 3 rings (SSSR count). The van der Waals surface area contributed by atoms with Crippen LogP contribution in [-0.2, 0) is 4.79 Å². The Bertz CT molecular complexity index is 354. The third kappa shape index (κ3) is 2.99. The Morgan fingerprint density at radius 2 is 1.90 bits per heavy atom. The topological polar surface area (TPSA) is 32.3 Å². The molecule has 116 valence electrons. The molecule has 1 N–H and O–H groups in total. The monoisotopic (exact) mass is 300 g/mol. The highest BCUT2D eigenvalue weighted by atomic mass is 35.5. The van der Waals surface area contributed by atoms with E-state index in [0.717, 1.165) is 26.1 Å². The molecule has 1 spiro atoms. The molecule has 0 bridgehead atoms. The van der Waals surface area contributed by atoms with Crippen molar-refractivity contribution in [3.05, 3.63) is 0 Å². The van der Waals surface area contributed by atoms with Gasteiger partial charge in [0.05, 0.1) is 0 Å². The van der Waals surface area contributed by atoms with Gasteiger partial charge < -0.3 is 10.2 Å². The largest absolute Gasteiger partial charge is 0.339 e. The number of carbonyl (C=O) groups excluding carboxylic acids is 1. The van der Waals surface area contributed by atoms with E-state index in [4.69, 9.17) is 0 Å². The second-order valence-corrected chi connectivity index (χ2v) is 7.24. The lowest BCUT2D eigenvalue weighted by Gasteiger charge is -2.31. The number of hydrogen-bond donors (Lipinski definition) is 1. The van der Waals surface area contributed by atoms with Crippen molar-refractivity contribution in [3.8, 4) is 0 Å². The molecule has 2 saturated heterocycles. The van der Waals surface area contributed by atoms with Crippen molar-refractivity contribution in [2.45, 2.75) is 58.4 Å². The number of piperidine rings is 1. The first-order chi connectivity index (χ1) is 9.12. The Morgan fingerprint density at radius 3 is 2.60 bits per heavy atom. The first-order valence-electron chi connectivity index (χ1n) is 8.13. The molecule has 2 heterocycles. The fourth-order valence-corrected chi connectivity index (χ4v) is 4.21. The van der Waals surface area contributed by atoms with Gasteiger partial charge in [0.2, 0.25) is 5.91 Å². The second kappa shape index (κ2) is 6.23. The average Bonchev–Trinajstić information content (AvgIpc) is 3.11. The molecule has 0 aromatic carbocycles. The summed E-state index contributed by atoms with van der Waals surface area (Å²) in [7, 11) is 0. The van der Waals surface area contributed by atoms with Crippen LogP contribution in [0.3, 0.4) is 0 Å². The fraction of sp³-hybridized carbons (Fsp3) is 0.938. The van der Waals surface area contributed by atoms with E-state index in [-0.39, 0.29) is 12.4 Å². The zero-order valence-corrected chi connectivity index (χ0v) is 13.7. The summed E-state index contributed by atoms with van der Waals surface area (Å²) in [5, 5.41) is 3.42. The van der Waals surface area contributed by atoms with Crippen LogP contribution in [-0.4, -0.2) is 36.5 Å². The van der Waals surface area contributed by atoms with Gasteiger partial charge in [0.25, 0.3) is 0 Å². The van der Waals surface area contributed by atoms with Crippen LogP contribution in [0.15, 0.2) is 0 Å². The number of hydrogen-bond acceptors (Lipinski definition) is 2. The minimum absolute atomic E-state index is 0. The molecule has 0 radical (unpaired) electrons. The van der Waals surface area contributed by atoms with Crippen LogP contribution in [0.4, 0.5) is 0 Å². The molecule has 3 nitrogen and oxygen atoms in total. The van der Waals surface area contributed by atoms with E-state index in [9.17, 15) is 4.79 Å². The summed E-state index contributed by atoms with van der Waals surface area (Å²) in [5.74, 6) is 1.50. The van der Waals surface area contributed by atoms with Crippen LogP contribution >= 0.6 is 12.4 Å². The van der Waals surface area contributed by atoms with Crippen molar-refractivity contribution >= 4 is 18.3 Å². The molecule has 0 aromatic rings. The molecule has 1 amide bonds. The number of halogens is 1. The van der Waals surface area contributed by atoms with E-state index in [1.165, 1.54) is 32.1 Å². The molecule has 0 aromatic heterocycles. The number of nitrogens with zero attached hydrogens (tertiary/aromatic N) is 1. The first kappa shape index (κ1) is 16.1. The summed E-state index contributed by atoms with van der Waals surface area (Å²) in [4.78, 5) is 15.1. The lowest BCUT2D eigenvalue weighted by Crippen LogP contribution is -2.42. The highest BCUT2D eigenvalue weighted by Gasteiger charge is 2.58. The Labute approximate surface area is 129 Å². The Kier molecular flexibility index (Phi) is 5.01. The van der Waals surface area contributed by atoms with Crippen LogP contribution in [0.2, 0.25) is 0 Å². The van der Waals surface area contributed by atoms with Gasteiger partial charge in [0, 0.05) is 18.5 Å². The maximum Gasteiger partial charge on any atom is 0.226 e. The molecular formula is C16H29ClN2O. The molecule has 3 aliphatic rings. The van der Waals surface area contributed by atoms with E-state index in [0.29, 0.717) is 29.2 Å². The maximum absolute atomic E-state index is 12.8. The van der Waals surface area contributed by atoms with Gasteiger partial charge in [-0.3, -0.25) is 4.79 Å². The molecule has 1 aliphatic carbocycles. The van der Waals surface area contributed by atoms with E-state index in [2.05, 4.69) is 24.1 Å². The minimum atomic E-state index is 0. The van der Waals surface area contributed by atoms with E-state index in [1.54, 1.807) is 0 Å². The average molecular weight is 301 g/mol. The predicted molar refractivity (Wildman–Crippen MR) is 84.1 cm³/mol. The maximum atomic E-state index is 12.8. The highest BCUT2D eigenvalue weighted by Crippen LogP contribution is 2.59. The number of nitrogens with one attached hydrogen (secondary N) is 1. The Hall–Kier alpha value is -0.280. The van der Waals surface area contributed by atoms with Crippen LogP contribution in [0.5, 0.6) is 0 Å². The van der Waals surface area contributed by atoms with Crippen molar-refractivity contribution in [1.82, 2.24) is 10.2 Å². The van der Waals surface area contributed by atoms with Gasteiger partial charge in [0.15, 0.2) is 0 Å². The number of amides is 1. The van der Waals surface area contributed by atoms with Gasteiger partial charge in [-0.1, -0.05) is 13.3 Å². The number of rotatable bonds is 1. The number of likely N-dealkylation sites (tertiary alicyclic amines) is 1. The molecule has 4 heteroatoms. The van der Waals surface area contributed by atoms with Crippen molar-refractivity contribution in [1.29, 1.82) is 0 Å². The summed E-state index contributed by atoms with van der Waals surface area (Å²) in [6.07, 6.45) is 7.34. The van der Waals surface area contributed by atoms with Crippen molar-refractivity contribution in [3.63, 3.8) is 0 Å². The quantitative estimate of drug-likeness (QED) is 0.807. The SMILES string of the molecule is CC1CCCC(C)N(C(=O)C2CC23CCNCC3)C1.Cl. The molecular weight excluding hydrogens is 272 g/mol. The van der Waals surface area contributed by atoms with Gasteiger partial charge in [-0.25, -0.2) is 0 Å². The fourth-order valence-electron chi connectivity index (χ4n) is 4.21. The molecule has 2 aliphatic heterocycles. The predicted octanol–water partition coefficient (Wildman–Crippen LogP) is 2.84. The van der Waals surface area contributed by atoms with Crippen molar-refractivity contribution in [2.24, 2.45) is 17.3 Å². The third-order valence-corrected chi connectivity index (χ3v) is 5.73. The molecule has 20 heavy (non-hydrogen) atoms.